The van der Waals surface area contributed by atoms with E-state index >= 15 is 0 Å². The summed E-state index contributed by atoms with van der Waals surface area (Å²) >= 11 is 0. The maximum atomic E-state index is 12.8. The third-order valence-corrected chi connectivity index (χ3v) is 3.69. The van der Waals surface area contributed by atoms with Crippen molar-refractivity contribution in [2.24, 2.45) is 11.7 Å². The van der Waals surface area contributed by atoms with Gasteiger partial charge >= 0.3 is 6.18 Å². The minimum Gasteiger partial charge on any atom is -0.356 e. The number of rotatable bonds is 3. The second-order valence-electron chi connectivity index (χ2n) is 5.38. The number of pyridine rings is 1. The van der Waals surface area contributed by atoms with Gasteiger partial charge in [0.05, 0.1) is 5.56 Å². The van der Waals surface area contributed by atoms with Crippen molar-refractivity contribution in [3.63, 3.8) is 0 Å². The lowest BCUT2D eigenvalue weighted by atomic mass is 9.95. The van der Waals surface area contributed by atoms with Crippen molar-refractivity contribution in [1.82, 2.24) is 4.98 Å². The fourth-order valence-electron chi connectivity index (χ4n) is 2.72. The lowest BCUT2D eigenvalue weighted by Gasteiger charge is -2.34. The molecule has 0 radical (unpaired) electrons. The highest BCUT2D eigenvalue weighted by atomic mass is 19.4. The molecule has 112 valence electrons. The first-order valence-electron chi connectivity index (χ1n) is 6.91. The van der Waals surface area contributed by atoms with Crippen molar-refractivity contribution in [2.75, 3.05) is 24.5 Å². The van der Waals surface area contributed by atoms with Crippen LogP contribution in [0.1, 0.15) is 30.5 Å². The van der Waals surface area contributed by atoms with Crippen LogP contribution < -0.4 is 10.6 Å². The largest absolute Gasteiger partial charge is 0.416 e. The molecule has 1 aliphatic rings. The van der Waals surface area contributed by atoms with Crippen molar-refractivity contribution < 1.29 is 13.2 Å². The van der Waals surface area contributed by atoms with Crippen molar-refractivity contribution in [3.05, 3.63) is 23.4 Å². The van der Waals surface area contributed by atoms with E-state index in [0.717, 1.165) is 44.5 Å². The number of piperidine rings is 1. The molecule has 0 aromatic carbocycles. The Hall–Kier alpha value is -1.30. The fraction of sp³-hybridized carbons (Fsp3) is 0.643. The summed E-state index contributed by atoms with van der Waals surface area (Å²) in [5.74, 6) is 0.879. The summed E-state index contributed by atoms with van der Waals surface area (Å²) in [6, 6.07) is 2.24. The van der Waals surface area contributed by atoms with E-state index in [1.165, 1.54) is 0 Å². The van der Waals surface area contributed by atoms with Crippen molar-refractivity contribution in [1.29, 1.82) is 0 Å². The highest BCUT2D eigenvalue weighted by Gasteiger charge is 2.32. The van der Waals surface area contributed by atoms with Gasteiger partial charge in [0.1, 0.15) is 5.82 Å². The van der Waals surface area contributed by atoms with Crippen LogP contribution in [0.15, 0.2) is 12.1 Å². The second kappa shape index (κ2) is 5.99. The molecule has 1 unspecified atom stereocenters. The van der Waals surface area contributed by atoms with Gasteiger partial charge in [-0.1, -0.05) is 0 Å². The third kappa shape index (κ3) is 3.62. The van der Waals surface area contributed by atoms with Gasteiger partial charge in [0.25, 0.3) is 0 Å². The van der Waals surface area contributed by atoms with Gasteiger partial charge in [0.15, 0.2) is 0 Å². The number of nitrogens with zero attached hydrogens (tertiary/aromatic N) is 2. The van der Waals surface area contributed by atoms with Gasteiger partial charge in [-0.05, 0) is 50.8 Å². The van der Waals surface area contributed by atoms with Gasteiger partial charge in [-0.25, -0.2) is 4.98 Å². The third-order valence-electron chi connectivity index (χ3n) is 3.69. The van der Waals surface area contributed by atoms with E-state index < -0.39 is 11.7 Å². The minimum atomic E-state index is -4.32. The quantitative estimate of drug-likeness (QED) is 0.929. The van der Waals surface area contributed by atoms with Gasteiger partial charge in [-0.2, -0.15) is 13.2 Å². The molecule has 0 bridgehead atoms. The number of nitrogens with two attached hydrogens (primary N) is 1. The van der Waals surface area contributed by atoms with Crippen LogP contribution in [0.4, 0.5) is 19.0 Å². The predicted octanol–water partition coefficient (Wildman–Crippen LogP) is 2.97. The summed E-state index contributed by atoms with van der Waals surface area (Å²) in [5, 5.41) is 0. The van der Waals surface area contributed by atoms with Crippen molar-refractivity contribution >= 4 is 5.82 Å². The van der Waals surface area contributed by atoms with Gasteiger partial charge in [-0.15, -0.1) is 0 Å². The molecule has 1 aromatic heterocycles. The van der Waals surface area contributed by atoms with Crippen molar-refractivity contribution in [2.45, 2.75) is 32.4 Å². The lowest BCUT2D eigenvalue weighted by molar-refractivity contribution is -0.137. The molecule has 0 aliphatic carbocycles. The Morgan fingerprint density at radius 1 is 1.40 bits per heavy atom. The second-order valence-corrected chi connectivity index (χ2v) is 5.38. The maximum Gasteiger partial charge on any atom is 0.416 e. The number of anilines is 1. The van der Waals surface area contributed by atoms with E-state index in [1.807, 2.05) is 4.90 Å². The molecule has 0 spiro atoms. The van der Waals surface area contributed by atoms with Crippen molar-refractivity contribution in [3.8, 4) is 0 Å². The van der Waals surface area contributed by atoms with Gasteiger partial charge in [0, 0.05) is 18.8 Å². The first-order chi connectivity index (χ1) is 9.40. The van der Waals surface area contributed by atoms with Crippen LogP contribution in [-0.4, -0.2) is 24.6 Å². The van der Waals surface area contributed by atoms with Gasteiger partial charge in [0.2, 0.25) is 0 Å². The number of aryl methyl sites for hydroxylation is 1. The average Bonchev–Trinajstić information content (AvgIpc) is 2.38. The Morgan fingerprint density at radius 2 is 2.15 bits per heavy atom. The molecule has 1 aromatic rings. The van der Waals surface area contributed by atoms with Crippen LogP contribution in [0.3, 0.4) is 0 Å². The lowest BCUT2D eigenvalue weighted by Crippen LogP contribution is -2.37. The van der Waals surface area contributed by atoms with Gasteiger partial charge in [-0.3, -0.25) is 0 Å². The van der Waals surface area contributed by atoms with E-state index in [0.29, 0.717) is 24.0 Å². The number of hydrogen-bond acceptors (Lipinski definition) is 3. The summed E-state index contributed by atoms with van der Waals surface area (Å²) < 4.78 is 38.5. The standard InChI is InChI=1S/C14H20F3N3/c1-10-7-12(14(15,16)17)8-13(19-10)20-6-2-3-11(9-20)4-5-18/h7-8,11H,2-6,9,18H2,1H3. The van der Waals surface area contributed by atoms with Crippen LogP contribution in [-0.2, 0) is 6.18 Å². The Morgan fingerprint density at radius 3 is 2.80 bits per heavy atom. The molecule has 20 heavy (non-hydrogen) atoms. The molecule has 0 amide bonds. The zero-order valence-corrected chi connectivity index (χ0v) is 11.6. The Labute approximate surface area is 117 Å². The normalized spacial score (nSPS) is 20.2. The number of hydrogen-bond donors (Lipinski definition) is 1. The fourth-order valence-corrected chi connectivity index (χ4v) is 2.72. The van der Waals surface area contributed by atoms with E-state index in [-0.39, 0.29) is 0 Å². The molecule has 0 saturated carbocycles. The summed E-state index contributed by atoms with van der Waals surface area (Å²) in [5.41, 5.74) is 5.34. The molecule has 1 saturated heterocycles. The number of alkyl halides is 3. The molecule has 1 fully saturated rings. The Balaban J connectivity index is 2.21. The molecule has 2 heterocycles. The zero-order valence-electron chi connectivity index (χ0n) is 11.6. The summed E-state index contributed by atoms with van der Waals surface area (Å²) in [6.45, 7) is 3.72. The summed E-state index contributed by atoms with van der Waals surface area (Å²) in [4.78, 5) is 6.21. The van der Waals surface area contributed by atoms with Crippen LogP contribution in [0.25, 0.3) is 0 Å². The zero-order chi connectivity index (χ0) is 14.8. The van der Waals surface area contributed by atoms with Crippen LogP contribution in [0.2, 0.25) is 0 Å². The molecule has 2 rings (SSSR count). The molecular weight excluding hydrogens is 267 g/mol. The SMILES string of the molecule is Cc1cc(C(F)(F)F)cc(N2CCCC(CCN)C2)n1. The maximum absolute atomic E-state index is 12.8. The molecule has 1 aliphatic heterocycles. The summed E-state index contributed by atoms with van der Waals surface area (Å²) in [6.07, 6.45) is -1.35. The molecule has 1 atom stereocenters. The van der Waals surface area contributed by atoms with E-state index in [4.69, 9.17) is 5.73 Å². The van der Waals surface area contributed by atoms with E-state index in [1.54, 1.807) is 6.92 Å². The Kier molecular flexibility index (Phi) is 4.52. The van der Waals surface area contributed by atoms with Crippen LogP contribution in [0.5, 0.6) is 0 Å². The molecular formula is C14H20F3N3. The van der Waals surface area contributed by atoms with Crippen LogP contribution >= 0.6 is 0 Å². The Bertz CT molecular complexity index is 457. The van der Waals surface area contributed by atoms with Crippen LogP contribution in [0, 0.1) is 12.8 Å². The monoisotopic (exact) mass is 287 g/mol. The van der Waals surface area contributed by atoms with E-state index in [2.05, 4.69) is 4.98 Å². The summed E-state index contributed by atoms with van der Waals surface area (Å²) in [7, 11) is 0. The molecule has 2 N–H and O–H groups in total. The highest BCUT2D eigenvalue weighted by Crippen LogP contribution is 2.32. The molecule has 3 nitrogen and oxygen atoms in total. The topological polar surface area (TPSA) is 42.1 Å². The van der Waals surface area contributed by atoms with Gasteiger partial charge < -0.3 is 10.6 Å². The predicted molar refractivity (Wildman–Crippen MR) is 72.6 cm³/mol. The smallest absolute Gasteiger partial charge is 0.356 e. The average molecular weight is 287 g/mol. The highest BCUT2D eigenvalue weighted by molar-refractivity contribution is 5.44. The molecule has 6 heteroatoms. The first kappa shape index (κ1) is 15.1. The number of halogens is 3. The minimum absolute atomic E-state index is 0.399. The van der Waals surface area contributed by atoms with E-state index in [9.17, 15) is 13.2 Å². The number of aromatic nitrogens is 1. The first-order valence-corrected chi connectivity index (χ1v) is 6.91.